The number of likely N-dealkylation sites (tertiary alicyclic amines) is 1. The Morgan fingerprint density at radius 2 is 1.69 bits per heavy atom. The molecule has 4 rings (SSSR count). The van der Waals surface area contributed by atoms with Crippen LogP contribution in [0, 0.1) is 13.8 Å². The van der Waals surface area contributed by atoms with Crippen molar-refractivity contribution in [2.24, 2.45) is 7.05 Å². The predicted molar refractivity (Wildman–Crippen MR) is 126 cm³/mol. The largest absolute Gasteiger partial charge is 0.328 e. The van der Waals surface area contributed by atoms with E-state index in [1.165, 1.54) is 11.8 Å². The number of anilines is 1. The third kappa shape index (κ3) is 4.85. The summed E-state index contributed by atoms with van der Waals surface area (Å²) >= 11 is 1.34. The molecular formula is C24H27N5O2S. The highest BCUT2D eigenvalue weighted by Crippen LogP contribution is 2.33. The van der Waals surface area contributed by atoms with Gasteiger partial charge in [0.05, 0.1) is 11.8 Å². The van der Waals surface area contributed by atoms with Crippen molar-refractivity contribution in [1.29, 1.82) is 0 Å². The second-order valence-electron chi connectivity index (χ2n) is 8.13. The maximum atomic E-state index is 13.1. The van der Waals surface area contributed by atoms with E-state index < -0.39 is 0 Å². The second-order valence-corrected chi connectivity index (χ2v) is 9.07. The lowest BCUT2D eigenvalue weighted by atomic mass is 10.1. The molecule has 0 radical (unpaired) electrons. The number of hydrogen-bond donors (Lipinski definition) is 1. The molecule has 2 aromatic carbocycles. The van der Waals surface area contributed by atoms with Crippen LogP contribution < -0.4 is 5.32 Å². The van der Waals surface area contributed by atoms with Crippen LogP contribution in [0.3, 0.4) is 0 Å². The maximum Gasteiger partial charge on any atom is 0.254 e. The Bertz CT molecular complexity index is 1110. The lowest BCUT2D eigenvalue weighted by molar-refractivity contribution is -0.113. The minimum atomic E-state index is -0.114. The number of benzene rings is 2. The molecule has 32 heavy (non-hydrogen) atoms. The van der Waals surface area contributed by atoms with Crippen LogP contribution in [0.5, 0.6) is 0 Å². The van der Waals surface area contributed by atoms with Crippen LogP contribution in [0.1, 0.15) is 46.2 Å². The van der Waals surface area contributed by atoms with Crippen molar-refractivity contribution in [3.05, 3.63) is 71.0 Å². The number of hydrogen-bond acceptors (Lipinski definition) is 5. The molecule has 1 aliphatic heterocycles. The van der Waals surface area contributed by atoms with Crippen molar-refractivity contribution in [3.63, 3.8) is 0 Å². The van der Waals surface area contributed by atoms with Gasteiger partial charge < -0.3 is 14.8 Å². The molecule has 0 spiro atoms. The number of nitrogens with one attached hydrogen (secondary N) is 1. The third-order valence-electron chi connectivity index (χ3n) is 5.65. The summed E-state index contributed by atoms with van der Waals surface area (Å²) < 4.78 is 1.90. The van der Waals surface area contributed by atoms with Crippen LogP contribution in [-0.2, 0) is 11.8 Å². The van der Waals surface area contributed by atoms with Crippen LogP contribution in [0.25, 0.3) is 0 Å². The van der Waals surface area contributed by atoms with E-state index in [-0.39, 0.29) is 23.6 Å². The predicted octanol–water partition coefficient (Wildman–Crippen LogP) is 4.14. The molecule has 1 aliphatic rings. The van der Waals surface area contributed by atoms with E-state index in [2.05, 4.69) is 15.5 Å². The molecule has 1 atom stereocenters. The zero-order valence-electron chi connectivity index (χ0n) is 18.5. The first-order valence-corrected chi connectivity index (χ1v) is 11.7. The molecule has 2 amide bonds. The normalized spacial score (nSPS) is 15.7. The Morgan fingerprint density at radius 1 is 1.03 bits per heavy atom. The number of carbonyl (C=O) groups excluding carboxylic acids is 2. The molecule has 3 aromatic rings. The van der Waals surface area contributed by atoms with Crippen LogP contribution in [0.15, 0.2) is 53.7 Å². The first-order chi connectivity index (χ1) is 15.4. The Labute approximate surface area is 192 Å². The van der Waals surface area contributed by atoms with E-state index in [1.54, 1.807) is 0 Å². The summed E-state index contributed by atoms with van der Waals surface area (Å²) in [6.45, 7) is 4.71. The average molecular weight is 450 g/mol. The highest BCUT2D eigenvalue weighted by Gasteiger charge is 2.34. The quantitative estimate of drug-likeness (QED) is 0.572. The van der Waals surface area contributed by atoms with Gasteiger partial charge in [0, 0.05) is 24.8 Å². The topological polar surface area (TPSA) is 80.1 Å². The molecule has 1 fully saturated rings. The molecule has 1 unspecified atom stereocenters. The fourth-order valence-corrected chi connectivity index (χ4v) is 4.56. The maximum absolute atomic E-state index is 13.1. The Balaban J connectivity index is 1.41. The molecule has 0 bridgehead atoms. The molecule has 2 heterocycles. The number of thioether (sulfide) groups is 1. The van der Waals surface area contributed by atoms with Crippen molar-refractivity contribution in [1.82, 2.24) is 19.7 Å². The fraction of sp³-hybridized carbons (Fsp3) is 0.333. The van der Waals surface area contributed by atoms with E-state index in [9.17, 15) is 9.59 Å². The SMILES string of the molecule is Cc1ccc(NC(=O)CSc2nnc(C3CCCN3C(=O)c3ccc(C)cc3)n2C)cc1. The molecule has 1 aromatic heterocycles. The molecule has 166 valence electrons. The van der Waals surface area contributed by atoms with Gasteiger partial charge >= 0.3 is 0 Å². The highest BCUT2D eigenvalue weighted by atomic mass is 32.2. The molecule has 0 saturated carbocycles. The first-order valence-electron chi connectivity index (χ1n) is 10.7. The number of aryl methyl sites for hydroxylation is 2. The average Bonchev–Trinajstić information content (AvgIpc) is 3.40. The van der Waals surface area contributed by atoms with Gasteiger partial charge in [-0.05, 0) is 51.0 Å². The summed E-state index contributed by atoms with van der Waals surface area (Å²) in [6, 6.07) is 15.2. The van der Waals surface area contributed by atoms with Crippen molar-refractivity contribution >= 4 is 29.3 Å². The summed E-state index contributed by atoms with van der Waals surface area (Å²) in [4.78, 5) is 27.3. The fourth-order valence-electron chi connectivity index (χ4n) is 3.85. The summed E-state index contributed by atoms with van der Waals surface area (Å²) in [5.41, 5.74) is 3.73. The monoisotopic (exact) mass is 449 g/mol. The van der Waals surface area contributed by atoms with Gasteiger partial charge in [0.1, 0.15) is 0 Å². The van der Waals surface area contributed by atoms with Crippen molar-refractivity contribution in [2.75, 3.05) is 17.6 Å². The van der Waals surface area contributed by atoms with Crippen molar-refractivity contribution < 1.29 is 9.59 Å². The number of amides is 2. The van der Waals surface area contributed by atoms with Gasteiger partial charge in [-0.2, -0.15) is 0 Å². The van der Waals surface area contributed by atoms with Crippen molar-refractivity contribution in [2.45, 2.75) is 37.9 Å². The van der Waals surface area contributed by atoms with Gasteiger partial charge in [-0.15, -0.1) is 10.2 Å². The molecule has 0 aliphatic carbocycles. The van der Waals surface area contributed by atoms with Gasteiger partial charge in [0.2, 0.25) is 5.91 Å². The first kappa shape index (κ1) is 22.1. The Morgan fingerprint density at radius 3 is 2.38 bits per heavy atom. The number of rotatable bonds is 6. The van der Waals surface area contributed by atoms with Crippen molar-refractivity contribution in [3.8, 4) is 0 Å². The van der Waals surface area contributed by atoms with E-state index in [1.807, 2.05) is 78.9 Å². The summed E-state index contributed by atoms with van der Waals surface area (Å²) in [7, 11) is 1.89. The lowest BCUT2D eigenvalue weighted by Crippen LogP contribution is -2.31. The number of nitrogens with zero attached hydrogens (tertiary/aromatic N) is 4. The van der Waals surface area contributed by atoms with E-state index in [4.69, 9.17) is 0 Å². The summed E-state index contributed by atoms with van der Waals surface area (Å²) in [5, 5.41) is 12.2. The Hall–Kier alpha value is -3.13. The minimum absolute atomic E-state index is 0.0159. The van der Waals surface area contributed by atoms with Gasteiger partial charge in [-0.3, -0.25) is 9.59 Å². The van der Waals surface area contributed by atoms with Crippen LogP contribution in [-0.4, -0.2) is 43.8 Å². The molecule has 1 N–H and O–H groups in total. The molecule has 8 heteroatoms. The van der Waals surface area contributed by atoms with Gasteiger partial charge in [0.25, 0.3) is 5.91 Å². The smallest absolute Gasteiger partial charge is 0.254 e. The van der Waals surface area contributed by atoms with Crippen LogP contribution >= 0.6 is 11.8 Å². The number of carbonyl (C=O) groups is 2. The Kier molecular flexibility index (Phi) is 6.60. The van der Waals surface area contributed by atoms with Gasteiger partial charge in [-0.1, -0.05) is 47.2 Å². The second kappa shape index (κ2) is 9.56. The van der Waals surface area contributed by atoms with Gasteiger partial charge in [0.15, 0.2) is 11.0 Å². The summed E-state index contributed by atoms with van der Waals surface area (Å²) in [6.07, 6.45) is 1.78. The van der Waals surface area contributed by atoms with E-state index >= 15 is 0 Å². The zero-order chi connectivity index (χ0) is 22.7. The van der Waals surface area contributed by atoms with E-state index in [0.29, 0.717) is 17.3 Å². The molecular weight excluding hydrogens is 422 g/mol. The number of aromatic nitrogens is 3. The zero-order valence-corrected chi connectivity index (χ0v) is 19.4. The lowest BCUT2D eigenvalue weighted by Gasteiger charge is -2.24. The molecule has 7 nitrogen and oxygen atoms in total. The van der Waals surface area contributed by atoms with Gasteiger partial charge in [-0.25, -0.2) is 0 Å². The van der Waals surface area contributed by atoms with Crippen LogP contribution in [0.4, 0.5) is 5.69 Å². The van der Waals surface area contributed by atoms with Crippen LogP contribution in [0.2, 0.25) is 0 Å². The molecule has 1 saturated heterocycles. The minimum Gasteiger partial charge on any atom is -0.328 e. The van der Waals surface area contributed by atoms with E-state index in [0.717, 1.165) is 35.5 Å². The third-order valence-corrected chi connectivity index (χ3v) is 6.67. The highest BCUT2D eigenvalue weighted by molar-refractivity contribution is 7.99. The standard InChI is InChI=1S/C24H27N5O2S/c1-16-6-10-18(11-7-16)23(31)29-14-4-5-20(29)22-26-27-24(28(22)3)32-15-21(30)25-19-12-8-17(2)9-13-19/h6-13,20H,4-5,14-15H2,1-3H3,(H,25,30). The summed E-state index contributed by atoms with van der Waals surface area (Å²) in [5.74, 6) is 0.906.